The van der Waals surface area contributed by atoms with Gasteiger partial charge in [-0.2, -0.15) is 0 Å². The van der Waals surface area contributed by atoms with E-state index in [0.29, 0.717) is 12.1 Å². The van der Waals surface area contributed by atoms with E-state index in [4.69, 9.17) is 0 Å². The second-order valence-corrected chi connectivity index (χ2v) is 6.15. The van der Waals surface area contributed by atoms with Gasteiger partial charge in [0.1, 0.15) is 12.4 Å². The second-order valence-electron chi connectivity index (χ2n) is 6.15. The Bertz CT molecular complexity index is 887. The first-order chi connectivity index (χ1) is 11.5. The van der Waals surface area contributed by atoms with Crippen molar-refractivity contribution in [1.29, 1.82) is 0 Å². The summed E-state index contributed by atoms with van der Waals surface area (Å²) >= 11 is 0. The summed E-state index contributed by atoms with van der Waals surface area (Å²) in [5.74, 6) is -0.698. The third-order valence-electron chi connectivity index (χ3n) is 4.65. The standard InChI is InChI=1S/C17H20FN3O3/c1-2-12-5-3-4-8-20(12)15(22)10-21-14-7-6-11(18)9-13(14)19-16(23)17(21)24/h6-7,9,12H,2-5,8,10H2,1H3,(H,19,23). The maximum absolute atomic E-state index is 13.4. The molecule has 1 aromatic carbocycles. The number of H-pyrrole nitrogens is 1. The highest BCUT2D eigenvalue weighted by Gasteiger charge is 2.26. The zero-order valence-electron chi connectivity index (χ0n) is 13.5. The monoisotopic (exact) mass is 333 g/mol. The van der Waals surface area contributed by atoms with Crippen LogP contribution in [0.4, 0.5) is 4.39 Å². The Morgan fingerprint density at radius 3 is 2.88 bits per heavy atom. The maximum atomic E-state index is 13.4. The number of hydrogen-bond donors (Lipinski definition) is 1. The van der Waals surface area contributed by atoms with Crippen molar-refractivity contribution in [1.82, 2.24) is 14.5 Å². The topological polar surface area (TPSA) is 75.2 Å². The average molecular weight is 333 g/mol. The summed E-state index contributed by atoms with van der Waals surface area (Å²) in [6, 6.07) is 3.93. The third-order valence-corrected chi connectivity index (χ3v) is 4.65. The molecule has 0 spiro atoms. The number of rotatable bonds is 3. The highest BCUT2D eigenvalue weighted by Crippen LogP contribution is 2.20. The van der Waals surface area contributed by atoms with Crippen LogP contribution in [0.2, 0.25) is 0 Å². The van der Waals surface area contributed by atoms with E-state index in [9.17, 15) is 18.8 Å². The maximum Gasteiger partial charge on any atom is 0.317 e. The van der Waals surface area contributed by atoms with Gasteiger partial charge in [-0.15, -0.1) is 0 Å². The Morgan fingerprint density at radius 2 is 2.12 bits per heavy atom. The fourth-order valence-electron chi connectivity index (χ4n) is 3.39. The van der Waals surface area contributed by atoms with E-state index in [1.807, 2.05) is 6.92 Å². The molecule has 1 aliphatic heterocycles. The number of aromatic nitrogens is 2. The van der Waals surface area contributed by atoms with E-state index in [1.165, 1.54) is 12.1 Å². The molecule has 2 heterocycles. The van der Waals surface area contributed by atoms with Crippen LogP contribution in [0.3, 0.4) is 0 Å². The number of halogens is 1. The molecule has 1 fully saturated rings. The van der Waals surface area contributed by atoms with Gasteiger partial charge in [-0.1, -0.05) is 6.92 Å². The Balaban J connectivity index is 2.00. The Hall–Kier alpha value is -2.44. The minimum Gasteiger partial charge on any atom is -0.338 e. The molecule has 0 aliphatic carbocycles. The first-order valence-electron chi connectivity index (χ1n) is 8.23. The van der Waals surface area contributed by atoms with Crippen LogP contribution in [0.5, 0.6) is 0 Å². The van der Waals surface area contributed by atoms with Crippen molar-refractivity contribution in [3.63, 3.8) is 0 Å². The lowest BCUT2D eigenvalue weighted by Crippen LogP contribution is -2.47. The average Bonchev–Trinajstić information content (AvgIpc) is 2.58. The predicted molar refractivity (Wildman–Crippen MR) is 88.4 cm³/mol. The molecule has 1 aliphatic rings. The number of benzene rings is 1. The van der Waals surface area contributed by atoms with Gasteiger partial charge in [0.2, 0.25) is 5.91 Å². The summed E-state index contributed by atoms with van der Waals surface area (Å²) in [4.78, 5) is 40.8. The summed E-state index contributed by atoms with van der Waals surface area (Å²) in [7, 11) is 0. The number of carbonyl (C=O) groups excluding carboxylic acids is 1. The molecule has 24 heavy (non-hydrogen) atoms. The van der Waals surface area contributed by atoms with Crippen LogP contribution in [0.1, 0.15) is 32.6 Å². The van der Waals surface area contributed by atoms with Crippen molar-refractivity contribution < 1.29 is 9.18 Å². The van der Waals surface area contributed by atoms with E-state index >= 15 is 0 Å². The Kier molecular flexibility index (Phi) is 4.51. The molecule has 6 nitrogen and oxygen atoms in total. The van der Waals surface area contributed by atoms with Gasteiger partial charge >= 0.3 is 11.1 Å². The smallest absolute Gasteiger partial charge is 0.317 e. The molecule has 1 aromatic heterocycles. The first kappa shape index (κ1) is 16.4. The van der Waals surface area contributed by atoms with Crippen molar-refractivity contribution >= 4 is 16.9 Å². The molecule has 1 saturated heterocycles. The van der Waals surface area contributed by atoms with Gasteiger partial charge in [-0.05, 0) is 43.9 Å². The van der Waals surface area contributed by atoms with E-state index < -0.39 is 16.9 Å². The molecule has 0 radical (unpaired) electrons. The zero-order valence-corrected chi connectivity index (χ0v) is 13.5. The molecule has 1 atom stereocenters. The number of likely N-dealkylation sites (tertiary alicyclic amines) is 1. The van der Waals surface area contributed by atoms with Crippen LogP contribution in [-0.2, 0) is 11.3 Å². The van der Waals surface area contributed by atoms with Crippen molar-refractivity contribution in [3.8, 4) is 0 Å². The van der Waals surface area contributed by atoms with Crippen molar-refractivity contribution in [2.24, 2.45) is 0 Å². The fraction of sp³-hybridized carbons (Fsp3) is 0.471. The molecule has 128 valence electrons. The number of nitrogens with one attached hydrogen (secondary N) is 1. The largest absolute Gasteiger partial charge is 0.338 e. The van der Waals surface area contributed by atoms with Crippen LogP contribution in [0.25, 0.3) is 11.0 Å². The summed E-state index contributed by atoms with van der Waals surface area (Å²) in [6.45, 7) is 2.50. The van der Waals surface area contributed by atoms with Gasteiger partial charge in [-0.3, -0.25) is 19.0 Å². The lowest BCUT2D eigenvalue weighted by molar-refractivity contribution is -0.135. The summed E-state index contributed by atoms with van der Waals surface area (Å²) in [6.07, 6.45) is 3.86. The second kappa shape index (κ2) is 6.59. The lowest BCUT2D eigenvalue weighted by atomic mass is 10.00. The van der Waals surface area contributed by atoms with Crippen LogP contribution < -0.4 is 11.1 Å². The summed E-state index contributed by atoms with van der Waals surface area (Å²) in [5.41, 5.74) is -1.10. The molecule has 0 saturated carbocycles. The Labute approximate surface area is 137 Å². The van der Waals surface area contributed by atoms with Crippen LogP contribution in [0.15, 0.2) is 27.8 Å². The van der Waals surface area contributed by atoms with Gasteiger partial charge in [0.15, 0.2) is 0 Å². The third kappa shape index (κ3) is 2.98. The molecule has 1 amide bonds. The molecule has 3 rings (SSSR count). The summed E-state index contributed by atoms with van der Waals surface area (Å²) in [5, 5.41) is 0. The lowest BCUT2D eigenvalue weighted by Gasteiger charge is -2.35. The fourth-order valence-corrected chi connectivity index (χ4v) is 3.39. The number of aromatic amines is 1. The predicted octanol–water partition coefficient (Wildman–Crippen LogP) is 1.62. The molecule has 2 aromatic rings. The first-order valence-corrected chi connectivity index (χ1v) is 8.23. The van der Waals surface area contributed by atoms with Crippen molar-refractivity contribution in [2.45, 2.75) is 45.2 Å². The number of nitrogens with zero attached hydrogens (tertiary/aromatic N) is 2. The van der Waals surface area contributed by atoms with Gasteiger partial charge in [0.05, 0.1) is 11.0 Å². The quantitative estimate of drug-likeness (QED) is 0.867. The minimum atomic E-state index is -0.855. The van der Waals surface area contributed by atoms with E-state index in [-0.39, 0.29) is 24.0 Å². The molecule has 1 unspecified atom stereocenters. The highest BCUT2D eigenvalue weighted by molar-refractivity contribution is 5.80. The van der Waals surface area contributed by atoms with Gasteiger partial charge in [0, 0.05) is 12.6 Å². The van der Waals surface area contributed by atoms with Crippen LogP contribution >= 0.6 is 0 Å². The van der Waals surface area contributed by atoms with Gasteiger partial charge in [-0.25, -0.2) is 4.39 Å². The number of piperidine rings is 1. The van der Waals surface area contributed by atoms with Crippen molar-refractivity contribution in [3.05, 3.63) is 44.7 Å². The molecular weight excluding hydrogens is 313 g/mol. The number of carbonyl (C=O) groups is 1. The molecule has 1 N–H and O–H groups in total. The molecule has 0 bridgehead atoms. The van der Waals surface area contributed by atoms with E-state index in [1.54, 1.807) is 4.90 Å². The molecule has 7 heteroatoms. The molecular formula is C17H20FN3O3. The summed E-state index contributed by atoms with van der Waals surface area (Å²) < 4.78 is 14.5. The number of fused-ring (bicyclic) bond motifs is 1. The number of hydrogen-bond acceptors (Lipinski definition) is 3. The van der Waals surface area contributed by atoms with Gasteiger partial charge in [0.25, 0.3) is 0 Å². The zero-order chi connectivity index (χ0) is 17.3. The van der Waals surface area contributed by atoms with E-state index in [0.717, 1.165) is 36.3 Å². The number of amides is 1. The van der Waals surface area contributed by atoms with E-state index in [2.05, 4.69) is 4.98 Å². The Morgan fingerprint density at radius 1 is 1.33 bits per heavy atom. The SMILES string of the molecule is CCC1CCCCN1C(=O)Cn1c(=O)c(=O)[nH]c2cc(F)ccc21. The normalized spacial score (nSPS) is 18.1. The van der Waals surface area contributed by atoms with Crippen molar-refractivity contribution in [2.75, 3.05) is 6.54 Å². The highest BCUT2D eigenvalue weighted by atomic mass is 19.1. The van der Waals surface area contributed by atoms with Crippen LogP contribution in [0, 0.1) is 5.82 Å². The van der Waals surface area contributed by atoms with Gasteiger partial charge < -0.3 is 9.88 Å². The minimum absolute atomic E-state index is 0.174. The van der Waals surface area contributed by atoms with Crippen LogP contribution in [-0.4, -0.2) is 32.9 Å².